The van der Waals surface area contributed by atoms with Crippen LogP contribution in [0.15, 0.2) is 11.0 Å². The molecule has 2 aliphatic rings. The third kappa shape index (κ3) is 3.24. The Hall–Kier alpha value is -1.07. The number of aromatic nitrogens is 2. The predicted octanol–water partition coefficient (Wildman–Crippen LogP) is 2.03. The molecule has 21 heavy (non-hydrogen) atoms. The third-order valence-electron chi connectivity index (χ3n) is 4.39. The summed E-state index contributed by atoms with van der Waals surface area (Å²) in [6.45, 7) is 4.45. The lowest BCUT2D eigenvalue weighted by molar-refractivity contribution is 0.398. The molecule has 0 spiro atoms. The van der Waals surface area contributed by atoms with Crippen LogP contribution in [-0.2, 0) is 6.54 Å². The lowest BCUT2D eigenvalue weighted by atomic mass is 10.0. The van der Waals surface area contributed by atoms with E-state index in [4.69, 9.17) is 11.6 Å². The Morgan fingerprint density at radius 1 is 1.43 bits per heavy atom. The van der Waals surface area contributed by atoms with E-state index in [9.17, 15) is 4.79 Å². The quantitative estimate of drug-likeness (QED) is 0.904. The van der Waals surface area contributed by atoms with Gasteiger partial charge in [-0.25, -0.2) is 4.68 Å². The van der Waals surface area contributed by atoms with E-state index in [1.54, 1.807) is 6.20 Å². The van der Waals surface area contributed by atoms with Crippen LogP contribution in [0.4, 0.5) is 5.69 Å². The number of nitrogens with one attached hydrogen (secondary N) is 1. The molecule has 1 aliphatic heterocycles. The van der Waals surface area contributed by atoms with Crippen molar-refractivity contribution in [3.63, 3.8) is 0 Å². The second-order valence-electron chi connectivity index (χ2n) is 6.00. The molecular weight excluding hydrogens is 288 g/mol. The van der Waals surface area contributed by atoms with Crippen molar-refractivity contribution in [3.05, 3.63) is 21.6 Å². The first-order valence-corrected chi connectivity index (χ1v) is 8.34. The van der Waals surface area contributed by atoms with Crippen LogP contribution < -0.4 is 15.8 Å². The van der Waals surface area contributed by atoms with Gasteiger partial charge in [-0.15, -0.1) is 0 Å². The second kappa shape index (κ2) is 6.36. The molecule has 116 valence electrons. The molecule has 1 N–H and O–H groups in total. The molecule has 0 bridgehead atoms. The fourth-order valence-corrected chi connectivity index (χ4v) is 3.28. The Morgan fingerprint density at radius 3 is 2.86 bits per heavy atom. The maximum absolute atomic E-state index is 12.2. The van der Waals surface area contributed by atoms with E-state index in [2.05, 4.69) is 15.3 Å². The molecule has 5 nitrogen and oxygen atoms in total. The third-order valence-corrected chi connectivity index (χ3v) is 4.75. The summed E-state index contributed by atoms with van der Waals surface area (Å²) in [5.41, 5.74) is 0.625. The van der Waals surface area contributed by atoms with Crippen LogP contribution >= 0.6 is 11.6 Å². The average Bonchev–Trinajstić information content (AvgIpc) is 3.34. The van der Waals surface area contributed by atoms with Crippen LogP contribution in [0, 0.1) is 0 Å². The number of hydrogen-bond donors (Lipinski definition) is 1. The highest BCUT2D eigenvalue weighted by Crippen LogP contribution is 2.34. The van der Waals surface area contributed by atoms with Gasteiger partial charge in [-0.05, 0) is 39.2 Å². The molecule has 6 heteroatoms. The minimum atomic E-state index is -0.182. The highest BCUT2D eigenvalue weighted by atomic mass is 35.5. The Labute approximate surface area is 130 Å². The van der Waals surface area contributed by atoms with Gasteiger partial charge in [0.05, 0.1) is 11.9 Å². The molecule has 2 fully saturated rings. The number of hydrogen-bond acceptors (Lipinski definition) is 4. The summed E-state index contributed by atoms with van der Waals surface area (Å²) in [6.07, 6.45) is 7.85. The Bertz CT molecular complexity index is 549. The molecule has 3 rings (SSSR count). The number of piperidine rings is 1. The molecule has 1 aromatic rings. The van der Waals surface area contributed by atoms with Crippen molar-refractivity contribution in [1.29, 1.82) is 0 Å². The Balaban J connectivity index is 1.83. The van der Waals surface area contributed by atoms with Crippen molar-refractivity contribution in [1.82, 2.24) is 15.1 Å². The van der Waals surface area contributed by atoms with Gasteiger partial charge in [0.2, 0.25) is 0 Å². The molecule has 1 atom stereocenters. The van der Waals surface area contributed by atoms with Gasteiger partial charge in [0.1, 0.15) is 5.02 Å². The molecular formula is C15H23ClN4O. The first kappa shape index (κ1) is 14.9. The van der Waals surface area contributed by atoms with E-state index in [0.29, 0.717) is 23.7 Å². The molecule has 1 saturated heterocycles. The standard InChI is InChI=1S/C15H23ClN4O/c1-2-20-15(21)14(16)13(9-18-20)19(12-6-7-12)10-11-5-3-4-8-17-11/h9,11-12,17H,2-8,10H2,1H3. The monoisotopic (exact) mass is 310 g/mol. The molecule has 1 aliphatic carbocycles. The van der Waals surface area contributed by atoms with Crippen LogP contribution in [0.2, 0.25) is 5.02 Å². The van der Waals surface area contributed by atoms with Gasteiger partial charge in [-0.1, -0.05) is 18.0 Å². The molecule has 1 saturated carbocycles. The van der Waals surface area contributed by atoms with Gasteiger partial charge in [0.15, 0.2) is 0 Å². The van der Waals surface area contributed by atoms with Crippen molar-refractivity contribution in [2.75, 3.05) is 18.0 Å². The largest absolute Gasteiger partial charge is 0.364 e. The zero-order chi connectivity index (χ0) is 14.8. The fourth-order valence-electron chi connectivity index (χ4n) is 3.03. The molecule has 1 aromatic heterocycles. The molecule has 0 radical (unpaired) electrons. The molecule has 0 aromatic carbocycles. The van der Waals surface area contributed by atoms with Crippen molar-refractivity contribution >= 4 is 17.3 Å². The van der Waals surface area contributed by atoms with Crippen LogP contribution in [0.1, 0.15) is 39.0 Å². The van der Waals surface area contributed by atoms with E-state index in [1.807, 2.05) is 6.92 Å². The first-order chi connectivity index (χ1) is 10.2. The highest BCUT2D eigenvalue weighted by molar-refractivity contribution is 6.33. The topological polar surface area (TPSA) is 50.2 Å². The van der Waals surface area contributed by atoms with Gasteiger partial charge in [0, 0.05) is 25.2 Å². The number of nitrogens with zero attached hydrogens (tertiary/aromatic N) is 3. The summed E-state index contributed by atoms with van der Waals surface area (Å²) in [4.78, 5) is 14.5. The molecule has 2 heterocycles. The Kier molecular flexibility index (Phi) is 4.50. The minimum Gasteiger partial charge on any atom is -0.364 e. The van der Waals surface area contributed by atoms with Crippen LogP contribution in [0.5, 0.6) is 0 Å². The highest BCUT2D eigenvalue weighted by Gasteiger charge is 2.33. The van der Waals surface area contributed by atoms with Crippen molar-refractivity contribution < 1.29 is 0 Å². The molecule has 1 unspecified atom stereocenters. The van der Waals surface area contributed by atoms with Crippen LogP contribution in [0.3, 0.4) is 0 Å². The second-order valence-corrected chi connectivity index (χ2v) is 6.37. The van der Waals surface area contributed by atoms with E-state index >= 15 is 0 Å². The number of aryl methyl sites for hydroxylation is 1. The smallest absolute Gasteiger partial charge is 0.287 e. The fraction of sp³-hybridized carbons (Fsp3) is 0.733. The number of rotatable bonds is 5. The lowest BCUT2D eigenvalue weighted by Crippen LogP contribution is -2.45. The molecule has 0 amide bonds. The van der Waals surface area contributed by atoms with Gasteiger partial charge >= 0.3 is 0 Å². The van der Waals surface area contributed by atoms with Gasteiger partial charge in [-0.3, -0.25) is 4.79 Å². The first-order valence-electron chi connectivity index (χ1n) is 7.96. The van der Waals surface area contributed by atoms with E-state index < -0.39 is 0 Å². The zero-order valence-corrected chi connectivity index (χ0v) is 13.3. The zero-order valence-electron chi connectivity index (χ0n) is 12.5. The average molecular weight is 311 g/mol. The van der Waals surface area contributed by atoms with Gasteiger partial charge < -0.3 is 10.2 Å². The van der Waals surface area contributed by atoms with Gasteiger partial charge in [0.25, 0.3) is 5.56 Å². The maximum Gasteiger partial charge on any atom is 0.287 e. The summed E-state index contributed by atoms with van der Waals surface area (Å²) >= 11 is 6.33. The number of anilines is 1. The van der Waals surface area contributed by atoms with E-state index in [0.717, 1.165) is 18.8 Å². The van der Waals surface area contributed by atoms with Gasteiger partial charge in [-0.2, -0.15) is 5.10 Å². The predicted molar refractivity (Wildman–Crippen MR) is 85.2 cm³/mol. The van der Waals surface area contributed by atoms with Crippen LogP contribution in [0.25, 0.3) is 0 Å². The minimum absolute atomic E-state index is 0.182. The Morgan fingerprint density at radius 2 is 2.24 bits per heavy atom. The summed E-state index contributed by atoms with van der Waals surface area (Å²) in [5.74, 6) is 0. The summed E-state index contributed by atoms with van der Waals surface area (Å²) in [6, 6.07) is 1.01. The summed E-state index contributed by atoms with van der Waals surface area (Å²) in [7, 11) is 0. The van der Waals surface area contributed by atoms with Crippen molar-refractivity contribution in [2.24, 2.45) is 0 Å². The normalized spacial score (nSPS) is 22.3. The van der Waals surface area contributed by atoms with E-state index in [1.165, 1.54) is 36.8 Å². The van der Waals surface area contributed by atoms with Crippen LogP contribution in [-0.4, -0.2) is 35.0 Å². The SMILES string of the molecule is CCn1ncc(N(CC2CCCCN2)C2CC2)c(Cl)c1=O. The lowest BCUT2D eigenvalue weighted by Gasteiger charge is -2.32. The van der Waals surface area contributed by atoms with E-state index in [-0.39, 0.29) is 5.56 Å². The summed E-state index contributed by atoms with van der Waals surface area (Å²) in [5, 5.41) is 8.12. The van der Waals surface area contributed by atoms with Crippen molar-refractivity contribution in [3.8, 4) is 0 Å². The summed E-state index contributed by atoms with van der Waals surface area (Å²) < 4.78 is 1.41. The number of halogens is 1. The van der Waals surface area contributed by atoms with Crippen molar-refractivity contribution in [2.45, 2.75) is 57.7 Å². The maximum atomic E-state index is 12.2.